The molecule has 0 saturated heterocycles. The smallest absolute Gasteiger partial charge is 0.307 e. The second kappa shape index (κ2) is 18.1. The lowest BCUT2D eigenvalue weighted by Crippen LogP contribution is -2.40. The van der Waals surface area contributed by atoms with Crippen LogP contribution in [0.15, 0.2) is 30.3 Å². The Hall–Kier alpha value is -2.92. The average molecular weight is 650 g/mol. The first-order chi connectivity index (χ1) is 21.1. The number of esters is 1. The monoisotopic (exact) mass is 649 g/mol. The Morgan fingerprint density at radius 1 is 1.02 bits per heavy atom. The van der Waals surface area contributed by atoms with Crippen LogP contribution < -0.4 is 9.50 Å². The predicted octanol–water partition coefficient (Wildman–Crippen LogP) is 6.77. The minimum absolute atomic E-state index is 0.0261. The molecule has 0 spiro atoms. The van der Waals surface area contributed by atoms with Gasteiger partial charge in [-0.2, -0.15) is 0 Å². The van der Waals surface area contributed by atoms with Crippen molar-refractivity contribution in [1.29, 1.82) is 0 Å². The number of aromatic nitrogens is 4. The molecule has 2 N–H and O–H groups in total. The van der Waals surface area contributed by atoms with Gasteiger partial charge in [0, 0.05) is 6.54 Å². The van der Waals surface area contributed by atoms with Crippen LogP contribution in [0.2, 0.25) is 5.02 Å². The van der Waals surface area contributed by atoms with Gasteiger partial charge in [0.1, 0.15) is 17.4 Å². The Bertz CT molecular complexity index is 1340. The number of aromatic amines is 1. The number of rotatable bonds is 21. The first kappa shape index (κ1) is 35.6. The molecular weight excluding hydrogens is 602 g/mol. The Kier molecular flexibility index (Phi) is 14.7. The summed E-state index contributed by atoms with van der Waals surface area (Å²) < 4.78 is 25.9. The van der Waals surface area contributed by atoms with Crippen molar-refractivity contribution < 1.29 is 22.7 Å². The average Bonchev–Trinajstić information content (AvgIpc) is 3.54. The standard InChI is InChI=1S/C32H48ClN5O5S/c1-5-6-7-8-9-10-11-12-13-17-20-26(44(41)43-25-18-15-14-16-19-25)30(40)34-22-21-27(39)42-23-32(3,4)31-36-35-29-28(33)24(2)37-38(29)31/h14-16,18-19,26,37H,5-13,17,20-23H2,1-4H3,(H,34,40). The maximum absolute atomic E-state index is 13.1. The molecule has 2 atom stereocenters. The fraction of sp³-hybridized carbons (Fsp3) is 0.625. The zero-order valence-electron chi connectivity index (χ0n) is 26.5. The zero-order valence-corrected chi connectivity index (χ0v) is 28.1. The number of aryl methyl sites for hydroxylation is 1. The third-order valence-corrected chi connectivity index (χ3v) is 9.29. The minimum atomic E-state index is -1.87. The summed E-state index contributed by atoms with van der Waals surface area (Å²) in [5.41, 5.74) is 0.635. The van der Waals surface area contributed by atoms with Crippen LogP contribution in [-0.4, -0.2) is 54.3 Å². The van der Waals surface area contributed by atoms with Crippen LogP contribution in [0.25, 0.3) is 5.65 Å². The van der Waals surface area contributed by atoms with Crippen molar-refractivity contribution in [2.24, 2.45) is 0 Å². The third kappa shape index (κ3) is 10.9. The van der Waals surface area contributed by atoms with Gasteiger partial charge in [0.15, 0.2) is 16.7 Å². The number of nitrogens with one attached hydrogen (secondary N) is 2. The van der Waals surface area contributed by atoms with Crippen LogP contribution in [0.4, 0.5) is 0 Å². The van der Waals surface area contributed by atoms with Crippen molar-refractivity contribution >= 4 is 40.2 Å². The molecule has 0 aliphatic heterocycles. The van der Waals surface area contributed by atoms with Gasteiger partial charge < -0.3 is 14.2 Å². The predicted molar refractivity (Wildman–Crippen MR) is 174 cm³/mol. The highest BCUT2D eigenvalue weighted by atomic mass is 35.5. The molecule has 1 aromatic carbocycles. The topological polar surface area (TPSA) is 128 Å². The number of unbranched alkanes of at least 4 members (excludes halogenated alkanes) is 9. The van der Waals surface area contributed by atoms with E-state index in [1.807, 2.05) is 26.8 Å². The molecule has 3 rings (SSSR count). The number of ether oxygens (including phenoxy) is 1. The molecule has 3 aromatic rings. The highest BCUT2D eigenvalue weighted by Crippen LogP contribution is 2.27. The molecular formula is C32H48ClN5O5S. The number of hydrogen-bond donors (Lipinski definition) is 2. The molecule has 0 fully saturated rings. The zero-order chi connectivity index (χ0) is 32.0. The van der Waals surface area contributed by atoms with Gasteiger partial charge in [-0.25, -0.2) is 8.72 Å². The number of carbonyl (C=O) groups is 2. The Morgan fingerprint density at radius 3 is 2.32 bits per heavy atom. The Morgan fingerprint density at radius 2 is 1.66 bits per heavy atom. The first-order valence-electron chi connectivity index (χ1n) is 15.8. The first-order valence-corrected chi connectivity index (χ1v) is 17.3. The molecule has 0 aliphatic rings. The SMILES string of the molecule is CCCCCCCCCCCCC(C(=O)NCCC(=O)OCC(C)(C)c1nnc2c(Cl)c(C)[nH]n12)S(=O)Oc1ccccc1. The number of benzene rings is 1. The van der Waals surface area contributed by atoms with Gasteiger partial charge in [-0.3, -0.25) is 14.7 Å². The van der Waals surface area contributed by atoms with Gasteiger partial charge >= 0.3 is 5.97 Å². The van der Waals surface area contributed by atoms with Gasteiger partial charge in [-0.15, -0.1) is 10.2 Å². The second-order valence-corrected chi connectivity index (χ2v) is 13.6. The van der Waals surface area contributed by atoms with E-state index in [0.29, 0.717) is 28.7 Å². The highest BCUT2D eigenvalue weighted by molar-refractivity contribution is 7.82. The quantitative estimate of drug-likeness (QED) is 0.0963. The summed E-state index contributed by atoms with van der Waals surface area (Å²) >= 11 is 4.40. The summed E-state index contributed by atoms with van der Waals surface area (Å²) in [5.74, 6) is 0.167. The molecule has 2 unspecified atom stereocenters. The van der Waals surface area contributed by atoms with E-state index < -0.39 is 33.6 Å². The van der Waals surface area contributed by atoms with Gasteiger partial charge in [0.25, 0.3) is 0 Å². The van der Waals surface area contributed by atoms with E-state index in [0.717, 1.165) is 25.0 Å². The molecule has 2 heterocycles. The van der Waals surface area contributed by atoms with Crippen molar-refractivity contribution in [3.05, 3.63) is 46.9 Å². The van der Waals surface area contributed by atoms with E-state index in [4.69, 9.17) is 20.5 Å². The van der Waals surface area contributed by atoms with Crippen molar-refractivity contribution in [3.63, 3.8) is 0 Å². The van der Waals surface area contributed by atoms with E-state index >= 15 is 0 Å². The number of H-pyrrole nitrogens is 1. The molecule has 2 aromatic heterocycles. The van der Waals surface area contributed by atoms with Crippen LogP contribution in [0.1, 0.15) is 109 Å². The fourth-order valence-corrected chi connectivity index (χ4v) is 6.11. The molecule has 12 heteroatoms. The van der Waals surface area contributed by atoms with Crippen molar-refractivity contribution in [2.45, 2.75) is 115 Å². The lowest BCUT2D eigenvalue weighted by Gasteiger charge is -2.22. The van der Waals surface area contributed by atoms with Gasteiger partial charge in [0.05, 0.1) is 17.5 Å². The molecule has 10 nitrogen and oxygen atoms in total. The number of para-hydroxylation sites is 1. The number of nitrogens with zero attached hydrogens (tertiary/aromatic N) is 3. The molecule has 44 heavy (non-hydrogen) atoms. The van der Waals surface area contributed by atoms with Gasteiger partial charge in [-0.1, -0.05) is 101 Å². The molecule has 0 radical (unpaired) electrons. The molecule has 0 bridgehead atoms. The van der Waals surface area contributed by atoms with E-state index in [2.05, 4.69) is 27.5 Å². The summed E-state index contributed by atoms with van der Waals surface area (Å²) in [4.78, 5) is 25.7. The van der Waals surface area contributed by atoms with Gasteiger partial charge in [-0.05, 0) is 39.3 Å². The lowest BCUT2D eigenvalue weighted by atomic mass is 9.94. The van der Waals surface area contributed by atoms with Crippen LogP contribution in [0.5, 0.6) is 5.75 Å². The normalized spacial score (nSPS) is 13.1. The van der Waals surface area contributed by atoms with Crippen LogP contribution in [0.3, 0.4) is 0 Å². The highest BCUT2D eigenvalue weighted by Gasteiger charge is 2.31. The number of halogens is 1. The fourth-order valence-electron chi connectivity index (χ4n) is 4.92. The Balaban J connectivity index is 1.44. The number of hydrogen-bond acceptors (Lipinski definition) is 7. The van der Waals surface area contributed by atoms with Crippen molar-refractivity contribution in [1.82, 2.24) is 25.1 Å². The maximum Gasteiger partial charge on any atom is 0.307 e. The van der Waals surface area contributed by atoms with Crippen LogP contribution in [-0.2, 0) is 30.8 Å². The maximum atomic E-state index is 13.1. The van der Waals surface area contributed by atoms with E-state index in [-0.39, 0.29) is 19.6 Å². The molecule has 0 saturated carbocycles. The number of amides is 1. The third-order valence-electron chi connectivity index (χ3n) is 7.56. The summed E-state index contributed by atoms with van der Waals surface area (Å²) in [6, 6.07) is 8.84. The van der Waals surface area contributed by atoms with Crippen molar-refractivity contribution in [3.8, 4) is 5.75 Å². The number of carbonyl (C=O) groups excluding carboxylic acids is 2. The molecule has 1 amide bonds. The Labute approximate surface area is 268 Å². The second-order valence-electron chi connectivity index (χ2n) is 11.9. The summed E-state index contributed by atoms with van der Waals surface area (Å²) in [5, 5.41) is 13.9. The largest absolute Gasteiger partial charge is 0.465 e. The minimum Gasteiger partial charge on any atom is -0.465 e. The lowest BCUT2D eigenvalue weighted by molar-refractivity contribution is -0.145. The summed E-state index contributed by atoms with van der Waals surface area (Å²) in [6.07, 6.45) is 12.1. The molecule has 244 valence electrons. The number of fused-ring (bicyclic) bond motifs is 1. The van der Waals surface area contributed by atoms with Gasteiger partial charge in [0.2, 0.25) is 17.0 Å². The summed E-state index contributed by atoms with van der Waals surface area (Å²) in [7, 11) is 0. The van der Waals surface area contributed by atoms with E-state index in [9.17, 15) is 13.8 Å². The molecule has 0 aliphatic carbocycles. The van der Waals surface area contributed by atoms with Crippen LogP contribution >= 0.6 is 11.6 Å². The van der Waals surface area contributed by atoms with Crippen molar-refractivity contribution in [2.75, 3.05) is 13.2 Å². The van der Waals surface area contributed by atoms with E-state index in [1.54, 1.807) is 28.8 Å². The van der Waals surface area contributed by atoms with E-state index in [1.165, 1.54) is 44.9 Å². The van der Waals surface area contributed by atoms with Crippen LogP contribution in [0, 0.1) is 6.92 Å². The summed E-state index contributed by atoms with van der Waals surface area (Å²) in [6.45, 7) is 7.98.